The monoisotopic (exact) mass is 503 g/mol. The number of methoxy groups -OCH3 is 1. The zero-order chi connectivity index (χ0) is 23.7. The minimum atomic E-state index is -3.31. The van der Waals surface area contributed by atoms with Gasteiger partial charge in [0.2, 0.25) is 5.88 Å². The molecule has 1 aliphatic carbocycles. The van der Waals surface area contributed by atoms with Gasteiger partial charge >= 0.3 is 0 Å². The first-order valence-electron chi connectivity index (χ1n) is 11.1. The van der Waals surface area contributed by atoms with Crippen molar-refractivity contribution < 1.29 is 27.4 Å². The Labute approximate surface area is 201 Å². The Balaban J connectivity index is 1.39. The SMILES string of the molecule is COc1ccc2nc(NC(=O)C(OC3CCOCC3)c3ccc(S(=O)(=O)C4CC4)cc3)sc2n1. The number of ether oxygens (including phenoxy) is 3. The minimum Gasteiger partial charge on any atom is -0.481 e. The van der Waals surface area contributed by atoms with Crippen LogP contribution in [0.4, 0.5) is 5.13 Å². The molecule has 5 rings (SSSR count). The average Bonchev–Trinajstić information content (AvgIpc) is 3.64. The summed E-state index contributed by atoms with van der Waals surface area (Å²) in [5.74, 6) is 0.0892. The van der Waals surface area contributed by atoms with Crippen molar-refractivity contribution in [3.8, 4) is 5.88 Å². The number of hydrogen-bond donors (Lipinski definition) is 1. The maximum Gasteiger partial charge on any atom is 0.259 e. The Kier molecular flexibility index (Phi) is 6.52. The second-order valence-electron chi connectivity index (χ2n) is 8.33. The van der Waals surface area contributed by atoms with E-state index in [0.29, 0.717) is 65.8 Å². The van der Waals surface area contributed by atoms with E-state index < -0.39 is 15.9 Å². The number of benzene rings is 1. The summed E-state index contributed by atoms with van der Waals surface area (Å²) in [6.45, 7) is 1.14. The molecule has 9 nitrogen and oxygen atoms in total. The number of rotatable bonds is 8. The molecule has 3 heterocycles. The molecular weight excluding hydrogens is 478 g/mol. The largest absolute Gasteiger partial charge is 0.481 e. The molecule has 2 fully saturated rings. The number of nitrogens with one attached hydrogen (secondary N) is 1. The number of pyridine rings is 1. The topological polar surface area (TPSA) is 117 Å². The van der Waals surface area contributed by atoms with Crippen LogP contribution in [0.3, 0.4) is 0 Å². The van der Waals surface area contributed by atoms with Crippen LogP contribution in [0.5, 0.6) is 5.88 Å². The number of carbonyl (C=O) groups is 1. The lowest BCUT2D eigenvalue weighted by molar-refractivity contribution is -0.136. The molecule has 0 bridgehead atoms. The van der Waals surface area contributed by atoms with Crippen molar-refractivity contribution >= 4 is 42.6 Å². The van der Waals surface area contributed by atoms with E-state index in [1.165, 1.54) is 18.4 Å². The summed E-state index contributed by atoms with van der Waals surface area (Å²) in [7, 11) is -1.77. The van der Waals surface area contributed by atoms with E-state index in [0.717, 1.165) is 0 Å². The quantitative estimate of drug-likeness (QED) is 0.496. The van der Waals surface area contributed by atoms with E-state index in [9.17, 15) is 13.2 Å². The molecular formula is C23H25N3O6S2. The van der Waals surface area contributed by atoms with Crippen molar-refractivity contribution in [2.45, 2.75) is 48.0 Å². The van der Waals surface area contributed by atoms with Crippen molar-refractivity contribution in [2.75, 3.05) is 25.6 Å². The van der Waals surface area contributed by atoms with Gasteiger partial charge in [-0.1, -0.05) is 23.5 Å². The molecule has 1 aliphatic heterocycles. The van der Waals surface area contributed by atoms with Gasteiger partial charge in [-0.3, -0.25) is 10.1 Å². The Morgan fingerprint density at radius 2 is 1.82 bits per heavy atom. The van der Waals surface area contributed by atoms with Crippen LogP contribution in [0, 0.1) is 0 Å². The molecule has 180 valence electrons. The lowest BCUT2D eigenvalue weighted by Crippen LogP contribution is -2.31. The van der Waals surface area contributed by atoms with E-state index in [1.807, 2.05) is 0 Å². The van der Waals surface area contributed by atoms with Crippen LogP contribution < -0.4 is 10.1 Å². The van der Waals surface area contributed by atoms with Crippen LogP contribution in [-0.2, 0) is 24.1 Å². The summed E-state index contributed by atoms with van der Waals surface area (Å²) >= 11 is 1.24. The summed E-state index contributed by atoms with van der Waals surface area (Å²) < 4.78 is 41.9. The smallest absolute Gasteiger partial charge is 0.259 e. The normalized spacial score (nSPS) is 18.0. The molecule has 34 heavy (non-hydrogen) atoms. The maximum atomic E-state index is 13.3. The molecule has 2 aliphatic rings. The summed E-state index contributed by atoms with van der Waals surface area (Å²) in [6.07, 6.45) is 1.71. The van der Waals surface area contributed by atoms with Crippen molar-refractivity contribution in [1.82, 2.24) is 9.97 Å². The highest BCUT2D eigenvalue weighted by molar-refractivity contribution is 7.92. The molecule has 1 unspecified atom stereocenters. The highest BCUT2D eigenvalue weighted by Gasteiger charge is 2.37. The molecule has 0 spiro atoms. The third-order valence-electron chi connectivity index (χ3n) is 5.88. The number of thiazole rings is 1. The molecule has 1 saturated heterocycles. The molecule has 1 atom stereocenters. The first kappa shape index (κ1) is 23.2. The number of anilines is 1. The molecule has 1 saturated carbocycles. The van der Waals surface area contributed by atoms with Crippen LogP contribution in [0.25, 0.3) is 10.3 Å². The van der Waals surface area contributed by atoms with Crippen LogP contribution in [0.1, 0.15) is 37.4 Å². The Morgan fingerprint density at radius 3 is 2.50 bits per heavy atom. The van der Waals surface area contributed by atoms with E-state index >= 15 is 0 Å². The number of fused-ring (bicyclic) bond motifs is 1. The number of amides is 1. The van der Waals surface area contributed by atoms with Crippen LogP contribution in [-0.4, -0.2) is 56.0 Å². The number of aromatic nitrogens is 2. The molecule has 1 amide bonds. The van der Waals surface area contributed by atoms with Crippen LogP contribution in [0.2, 0.25) is 0 Å². The van der Waals surface area contributed by atoms with Crippen molar-refractivity contribution in [1.29, 1.82) is 0 Å². The zero-order valence-electron chi connectivity index (χ0n) is 18.6. The first-order chi connectivity index (χ1) is 16.4. The van der Waals surface area contributed by atoms with E-state index in [2.05, 4.69) is 15.3 Å². The highest BCUT2D eigenvalue weighted by Crippen LogP contribution is 2.35. The molecule has 11 heteroatoms. The van der Waals surface area contributed by atoms with Gasteiger partial charge in [-0.15, -0.1) is 0 Å². The summed E-state index contributed by atoms with van der Waals surface area (Å²) in [5.41, 5.74) is 1.23. The van der Waals surface area contributed by atoms with Crippen LogP contribution >= 0.6 is 11.3 Å². The molecule has 1 aromatic carbocycles. The molecule has 1 N–H and O–H groups in total. The zero-order valence-corrected chi connectivity index (χ0v) is 20.2. The lowest BCUT2D eigenvalue weighted by Gasteiger charge is -2.27. The van der Waals surface area contributed by atoms with Crippen LogP contribution in [0.15, 0.2) is 41.3 Å². The Morgan fingerprint density at radius 1 is 1.09 bits per heavy atom. The van der Waals surface area contributed by atoms with Gasteiger partial charge in [0.1, 0.15) is 10.3 Å². The second-order valence-corrected chi connectivity index (χ2v) is 11.5. The van der Waals surface area contributed by atoms with Gasteiger partial charge in [0, 0.05) is 19.3 Å². The van der Waals surface area contributed by atoms with Gasteiger partial charge < -0.3 is 14.2 Å². The second kappa shape index (κ2) is 9.57. The third kappa shape index (κ3) is 4.92. The summed E-state index contributed by atoms with van der Waals surface area (Å²) in [4.78, 5) is 23.0. The van der Waals surface area contributed by atoms with E-state index in [1.54, 1.807) is 36.4 Å². The number of nitrogens with zero attached hydrogens (tertiary/aromatic N) is 2. The fraction of sp³-hybridized carbons (Fsp3) is 0.435. The van der Waals surface area contributed by atoms with Crippen molar-refractivity contribution in [3.05, 3.63) is 42.0 Å². The maximum absolute atomic E-state index is 13.3. The molecule has 2 aromatic heterocycles. The number of hydrogen-bond acceptors (Lipinski definition) is 9. The fourth-order valence-electron chi connectivity index (χ4n) is 3.84. The molecule has 0 radical (unpaired) electrons. The van der Waals surface area contributed by atoms with Gasteiger partial charge in [0.15, 0.2) is 21.1 Å². The van der Waals surface area contributed by atoms with Gasteiger partial charge in [-0.25, -0.2) is 18.4 Å². The van der Waals surface area contributed by atoms with Gasteiger partial charge in [-0.05, 0) is 49.4 Å². The average molecular weight is 504 g/mol. The lowest BCUT2D eigenvalue weighted by atomic mass is 10.1. The summed E-state index contributed by atoms with van der Waals surface area (Å²) in [5, 5.41) is 2.95. The van der Waals surface area contributed by atoms with E-state index in [4.69, 9.17) is 14.2 Å². The number of sulfone groups is 1. The summed E-state index contributed by atoms with van der Waals surface area (Å²) in [6, 6.07) is 9.92. The minimum absolute atomic E-state index is 0.138. The standard InChI is InChI=1S/C23H25N3O6S2/c1-30-19-9-8-18-22(25-19)33-23(24-18)26-21(27)20(32-15-10-12-31-13-11-15)14-2-4-16(5-3-14)34(28,29)17-6-7-17/h2-5,8-9,15,17,20H,6-7,10-13H2,1H3,(H,24,26,27). The van der Waals surface area contributed by atoms with Crippen molar-refractivity contribution in [3.63, 3.8) is 0 Å². The van der Waals surface area contributed by atoms with Gasteiger partial charge in [0.25, 0.3) is 5.91 Å². The highest BCUT2D eigenvalue weighted by atomic mass is 32.2. The Hall–Kier alpha value is -2.60. The first-order valence-corrected chi connectivity index (χ1v) is 13.5. The van der Waals surface area contributed by atoms with E-state index in [-0.39, 0.29) is 22.2 Å². The Bertz CT molecular complexity index is 1280. The number of carbonyl (C=O) groups excluding carboxylic acids is 1. The molecule has 3 aromatic rings. The van der Waals surface area contributed by atoms with Gasteiger partial charge in [0.05, 0.1) is 23.4 Å². The third-order valence-corrected chi connectivity index (χ3v) is 9.04. The van der Waals surface area contributed by atoms with Crippen molar-refractivity contribution in [2.24, 2.45) is 0 Å². The predicted molar refractivity (Wildman–Crippen MR) is 127 cm³/mol. The fourth-order valence-corrected chi connectivity index (χ4v) is 6.33. The van der Waals surface area contributed by atoms with Gasteiger partial charge in [-0.2, -0.15) is 0 Å². The predicted octanol–water partition coefficient (Wildman–Crippen LogP) is 3.51.